The maximum absolute atomic E-state index is 12.5. The van der Waals surface area contributed by atoms with Crippen LogP contribution in [0, 0.1) is 0 Å². The van der Waals surface area contributed by atoms with Crippen molar-refractivity contribution in [2.24, 2.45) is 0 Å². The molecule has 140 valence electrons. The van der Waals surface area contributed by atoms with E-state index >= 15 is 0 Å². The minimum Gasteiger partial charge on any atom is -0.496 e. The zero-order valence-corrected chi connectivity index (χ0v) is 15.4. The van der Waals surface area contributed by atoms with Gasteiger partial charge in [-0.1, -0.05) is 6.07 Å². The van der Waals surface area contributed by atoms with E-state index in [0.29, 0.717) is 18.7 Å². The smallest absolute Gasteiger partial charge is 0.307 e. The minimum atomic E-state index is -0.196. The van der Waals surface area contributed by atoms with Crippen molar-refractivity contribution in [1.29, 1.82) is 0 Å². The molecule has 1 amide bonds. The second-order valence-electron chi connectivity index (χ2n) is 6.65. The van der Waals surface area contributed by atoms with E-state index in [0.717, 1.165) is 29.5 Å². The number of esters is 1. The van der Waals surface area contributed by atoms with E-state index in [1.54, 1.807) is 7.11 Å². The zero-order valence-electron chi connectivity index (χ0n) is 15.4. The average molecular weight is 359 g/mol. The Kier molecular flexibility index (Phi) is 5.46. The second-order valence-corrected chi connectivity index (χ2v) is 6.65. The molecular formula is C19H25N3O4. The SMILES string of the molecule is COC(=O)C[C@H]1CC[C@@H](CNC(=O)c2cc3c(OC)cccc3[nH]2)N1C. The van der Waals surface area contributed by atoms with E-state index in [9.17, 15) is 9.59 Å². The Balaban J connectivity index is 1.60. The molecule has 0 saturated carbocycles. The number of nitrogens with zero attached hydrogens (tertiary/aromatic N) is 1. The number of carbonyl (C=O) groups excluding carboxylic acids is 2. The molecule has 7 nitrogen and oxygen atoms in total. The summed E-state index contributed by atoms with van der Waals surface area (Å²) in [5, 5.41) is 3.87. The van der Waals surface area contributed by atoms with Crippen molar-refractivity contribution in [1.82, 2.24) is 15.2 Å². The molecule has 0 bridgehead atoms. The number of amides is 1. The number of aromatic nitrogens is 1. The monoisotopic (exact) mass is 359 g/mol. The molecule has 1 aliphatic rings. The van der Waals surface area contributed by atoms with Crippen molar-refractivity contribution in [2.75, 3.05) is 27.8 Å². The maximum atomic E-state index is 12.5. The summed E-state index contributed by atoms with van der Waals surface area (Å²) < 4.78 is 10.1. The number of benzene rings is 1. The Morgan fingerprint density at radius 1 is 1.27 bits per heavy atom. The van der Waals surface area contributed by atoms with Crippen LogP contribution in [0.5, 0.6) is 5.75 Å². The maximum Gasteiger partial charge on any atom is 0.307 e. The van der Waals surface area contributed by atoms with Crippen LogP contribution in [0.25, 0.3) is 10.9 Å². The van der Waals surface area contributed by atoms with E-state index in [2.05, 4.69) is 15.2 Å². The number of hydrogen-bond donors (Lipinski definition) is 2. The largest absolute Gasteiger partial charge is 0.496 e. The van der Waals surface area contributed by atoms with E-state index in [1.807, 2.05) is 31.3 Å². The van der Waals surface area contributed by atoms with Gasteiger partial charge in [-0.2, -0.15) is 0 Å². The summed E-state index contributed by atoms with van der Waals surface area (Å²) in [5.74, 6) is 0.394. The molecule has 2 atom stereocenters. The Morgan fingerprint density at radius 3 is 2.77 bits per heavy atom. The van der Waals surface area contributed by atoms with Gasteiger partial charge in [-0.15, -0.1) is 0 Å². The quantitative estimate of drug-likeness (QED) is 0.770. The summed E-state index contributed by atoms with van der Waals surface area (Å²) in [7, 11) is 5.01. The molecule has 7 heteroatoms. The molecule has 0 radical (unpaired) electrons. The van der Waals surface area contributed by atoms with Gasteiger partial charge < -0.3 is 19.8 Å². The van der Waals surface area contributed by atoms with Gasteiger partial charge in [0, 0.05) is 29.5 Å². The number of aromatic amines is 1. The molecule has 0 spiro atoms. The van der Waals surface area contributed by atoms with Gasteiger partial charge in [-0.3, -0.25) is 14.5 Å². The summed E-state index contributed by atoms with van der Waals surface area (Å²) in [6.07, 6.45) is 2.26. The third kappa shape index (κ3) is 3.67. The normalized spacial score (nSPS) is 20.3. The molecule has 0 aliphatic carbocycles. The lowest BCUT2D eigenvalue weighted by Gasteiger charge is -2.25. The predicted molar refractivity (Wildman–Crippen MR) is 98.4 cm³/mol. The van der Waals surface area contributed by atoms with Crippen LogP contribution in [0.3, 0.4) is 0 Å². The van der Waals surface area contributed by atoms with Crippen molar-refractivity contribution in [2.45, 2.75) is 31.3 Å². The first kappa shape index (κ1) is 18.3. The number of ether oxygens (including phenoxy) is 2. The Bertz CT molecular complexity index is 801. The van der Waals surface area contributed by atoms with Crippen molar-refractivity contribution >= 4 is 22.8 Å². The molecule has 1 fully saturated rings. The van der Waals surface area contributed by atoms with E-state index in [-0.39, 0.29) is 24.0 Å². The van der Waals surface area contributed by atoms with Gasteiger partial charge in [0.1, 0.15) is 11.4 Å². The van der Waals surface area contributed by atoms with Crippen molar-refractivity contribution < 1.29 is 19.1 Å². The molecule has 26 heavy (non-hydrogen) atoms. The number of nitrogens with one attached hydrogen (secondary N) is 2. The molecule has 1 aliphatic heterocycles. The van der Waals surface area contributed by atoms with Crippen molar-refractivity contribution in [3.05, 3.63) is 30.0 Å². The van der Waals surface area contributed by atoms with Crippen LogP contribution in [0.4, 0.5) is 0 Å². The predicted octanol–water partition coefficient (Wildman–Crippen LogP) is 1.93. The van der Waals surface area contributed by atoms with E-state index < -0.39 is 0 Å². The van der Waals surface area contributed by atoms with Crippen LogP contribution in [0.15, 0.2) is 24.3 Å². The number of hydrogen-bond acceptors (Lipinski definition) is 5. The third-order valence-corrected chi connectivity index (χ3v) is 5.20. The van der Waals surface area contributed by atoms with Gasteiger partial charge in [0.15, 0.2) is 0 Å². The molecule has 2 heterocycles. The summed E-state index contributed by atoms with van der Waals surface area (Å²) in [5.41, 5.74) is 1.38. The van der Waals surface area contributed by atoms with Crippen molar-refractivity contribution in [3.8, 4) is 5.75 Å². The lowest BCUT2D eigenvalue weighted by molar-refractivity contribution is -0.141. The second kappa shape index (κ2) is 7.78. The van der Waals surface area contributed by atoms with Crippen LogP contribution < -0.4 is 10.1 Å². The molecule has 2 N–H and O–H groups in total. The summed E-state index contributed by atoms with van der Waals surface area (Å²) >= 11 is 0. The lowest BCUT2D eigenvalue weighted by atomic mass is 10.1. The lowest BCUT2D eigenvalue weighted by Crippen LogP contribution is -2.41. The van der Waals surface area contributed by atoms with Gasteiger partial charge >= 0.3 is 5.97 Å². The number of methoxy groups -OCH3 is 2. The van der Waals surface area contributed by atoms with Crippen LogP contribution in [0.2, 0.25) is 0 Å². The third-order valence-electron chi connectivity index (χ3n) is 5.20. The number of rotatable bonds is 6. The van der Waals surface area contributed by atoms with Gasteiger partial charge in [0.25, 0.3) is 5.91 Å². The molecule has 0 unspecified atom stereocenters. The highest BCUT2D eigenvalue weighted by Gasteiger charge is 2.32. The number of fused-ring (bicyclic) bond motifs is 1. The van der Waals surface area contributed by atoms with Gasteiger partial charge in [-0.25, -0.2) is 0 Å². The molecule has 3 rings (SSSR count). The topological polar surface area (TPSA) is 83.7 Å². The first-order valence-corrected chi connectivity index (χ1v) is 8.76. The van der Waals surface area contributed by atoms with Crippen LogP contribution in [-0.2, 0) is 9.53 Å². The number of likely N-dealkylation sites (N-methyl/N-ethyl adjacent to an activating group) is 1. The van der Waals surface area contributed by atoms with Crippen LogP contribution in [0.1, 0.15) is 29.8 Å². The van der Waals surface area contributed by atoms with Gasteiger partial charge in [-0.05, 0) is 38.1 Å². The Labute approximate surface area is 152 Å². The molecular weight excluding hydrogens is 334 g/mol. The van der Waals surface area contributed by atoms with E-state index in [4.69, 9.17) is 9.47 Å². The van der Waals surface area contributed by atoms with Crippen LogP contribution >= 0.6 is 0 Å². The Morgan fingerprint density at radius 2 is 2.04 bits per heavy atom. The average Bonchev–Trinajstić information content (AvgIpc) is 3.23. The first-order valence-electron chi connectivity index (χ1n) is 8.76. The number of H-pyrrole nitrogens is 1. The minimum absolute atomic E-state index is 0.145. The first-order chi connectivity index (χ1) is 12.5. The highest BCUT2D eigenvalue weighted by atomic mass is 16.5. The zero-order chi connectivity index (χ0) is 18.7. The molecule has 2 aromatic rings. The van der Waals surface area contributed by atoms with Crippen LogP contribution in [-0.4, -0.2) is 61.7 Å². The fourth-order valence-electron chi connectivity index (χ4n) is 3.59. The summed E-state index contributed by atoms with van der Waals surface area (Å²) in [6, 6.07) is 7.86. The number of likely N-dealkylation sites (tertiary alicyclic amines) is 1. The highest BCUT2D eigenvalue weighted by Crippen LogP contribution is 2.26. The fraction of sp³-hybridized carbons (Fsp3) is 0.474. The summed E-state index contributed by atoms with van der Waals surface area (Å²) in [6.45, 7) is 0.541. The highest BCUT2D eigenvalue weighted by molar-refractivity contribution is 5.99. The van der Waals surface area contributed by atoms with E-state index in [1.165, 1.54) is 7.11 Å². The molecule has 1 aromatic carbocycles. The fourth-order valence-corrected chi connectivity index (χ4v) is 3.59. The van der Waals surface area contributed by atoms with Gasteiger partial charge in [0.2, 0.25) is 0 Å². The standard InChI is InChI=1S/C19H25N3O4/c1-22-12(9-18(23)26-3)7-8-13(22)11-20-19(24)16-10-14-15(21-16)5-4-6-17(14)25-2/h4-6,10,12-13,21H,7-9,11H2,1-3H3,(H,20,24)/t12-,13+/m1/s1. The molecule has 1 saturated heterocycles. The molecule has 1 aromatic heterocycles. The van der Waals surface area contributed by atoms with Gasteiger partial charge in [0.05, 0.1) is 20.6 Å². The van der Waals surface area contributed by atoms with Crippen molar-refractivity contribution in [3.63, 3.8) is 0 Å². The Hall–Kier alpha value is -2.54. The number of carbonyl (C=O) groups is 2. The summed E-state index contributed by atoms with van der Waals surface area (Å²) in [4.78, 5) is 29.3.